The molecule has 0 aliphatic carbocycles. The molecule has 0 aliphatic rings. The minimum atomic E-state index is -4.28. The molecule has 0 amide bonds. The summed E-state index contributed by atoms with van der Waals surface area (Å²) in [4.78, 5) is 23.3. The maximum Gasteiger partial charge on any atom is 0.279 e. The SMILES string of the molecule is N#Cc1ccnc2[nH]cc(C(=O)c3c(F)ccc(NS(=O)(=O)c4ccccn4)c3F)c12. The molecule has 2 N–H and O–H groups in total. The summed E-state index contributed by atoms with van der Waals surface area (Å²) in [6.45, 7) is 0. The van der Waals surface area contributed by atoms with Crippen molar-refractivity contribution in [3.05, 3.63) is 83.3 Å². The van der Waals surface area contributed by atoms with Crippen LogP contribution in [0.15, 0.2) is 60.0 Å². The van der Waals surface area contributed by atoms with E-state index in [1.54, 1.807) is 0 Å². The van der Waals surface area contributed by atoms with E-state index in [2.05, 4.69) is 15.0 Å². The van der Waals surface area contributed by atoms with Gasteiger partial charge in [0.1, 0.15) is 11.5 Å². The first-order valence-corrected chi connectivity index (χ1v) is 10.1. The van der Waals surface area contributed by atoms with Gasteiger partial charge in [0.25, 0.3) is 10.0 Å². The third kappa shape index (κ3) is 3.49. The van der Waals surface area contributed by atoms with Crippen molar-refractivity contribution >= 4 is 32.5 Å². The Balaban J connectivity index is 1.81. The van der Waals surface area contributed by atoms with E-state index >= 15 is 4.39 Å². The molecule has 0 spiro atoms. The van der Waals surface area contributed by atoms with Gasteiger partial charge in [0.15, 0.2) is 10.8 Å². The molecule has 0 saturated heterocycles. The molecule has 8 nitrogen and oxygen atoms in total. The zero-order valence-corrected chi connectivity index (χ0v) is 16.2. The summed E-state index contributed by atoms with van der Waals surface area (Å²) in [7, 11) is -4.28. The summed E-state index contributed by atoms with van der Waals surface area (Å²) in [6.07, 6.45) is 3.77. The number of halogens is 2. The highest BCUT2D eigenvalue weighted by molar-refractivity contribution is 7.92. The van der Waals surface area contributed by atoms with Crippen molar-refractivity contribution in [2.75, 3.05) is 4.72 Å². The van der Waals surface area contributed by atoms with Crippen LogP contribution in [0.5, 0.6) is 0 Å². The van der Waals surface area contributed by atoms with Gasteiger partial charge >= 0.3 is 0 Å². The quantitative estimate of drug-likeness (QED) is 0.460. The second-order valence-corrected chi connectivity index (χ2v) is 7.91. The number of aromatic amines is 1. The molecule has 1 aromatic carbocycles. The molecule has 3 aromatic heterocycles. The van der Waals surface area contributed by atoms with E-state index < -0.39 is 38.7 Å². The molecule has 0 unspecified atom stereocenters. The monoisotopic (exact) mass is 439 g/mol. The Morgan fingerprint density at radius 3 is 2.61 bits per heavy atom. The molecule has 0 fully saturated rings. The van der Waals surface area contributed by atoms with Crippen LogP contribution in [0.3, 0.4) is 0 Å². The Morgan fingerprint density at radius 2 is 1.90 bits per heavy atom. The van der Waals surface area contributed by atoms with E-state index in [-0.39, 0.29) is 27.2 Å². The highest BCUT2D eigenvalue weighted by atomic mass is 32.2. The lowest BCUT2D eigenvalue weighted by Crippen LogP contribution is -2.17. The predicted molar refractivity (Wildman–Crippen MR) is 106 cm³/mol. The van der Waals surface area contributed by atoms with Crippen LogP contribution >= 0.6 is 0 Å². The van der Waals surface area contributed by atoms with Crippen molar-refractivity contribution < 1.29 is 22.0 Å². The Kier molecular flexibility index (Phi) is 4.92. The summed E-state index contributed by atoms with van der Waals surface area (Å²) in [5.74, 6) is -3.68. The number of nitrogens with zero attached hydrogens (tertiary/aromatic N) is 3. The third-order valence-electron chi connectivity index (χ3n) is 4.41. The number of nitriles is 1. The number of carbonyl (C=O) groups is 1. The van der Waals surface area contributed by atoms with E-state index in [0.717, 1.165) is 12.1 Å². The van der Waals surface area contributed by atoms with Crippen LogP contribution in [0.1, 0.15) is 21.5 Å². The Labute approximate surface area is 174 Å². The van der Waals surface area contributed by atoms with Crippen molar-refractivity contribution in [1.82, 2.24) is 15.0 Å². The number of pyridine rings is 2. The summed E-state index contributed by atoms with van der Waals surface area (Å²) < 4.78 is 56.4. The molecule has 0 radical (unpaired) electrons. The second kappa shape index (κ2) is 7.58. The number of sulfonamides is 1. The van der Waals surface area contributed by atoms with Gasteiger partial charge in [-0.15, -0.1) is 0 Å². The topological polar surface area (TPSA) is 129 Å². The van der Waals surface area contributed by atoms with Gasteiger partial charge in [-0.2, -0.15) is 13.7 Å². The van der Waals surface area contributed by atoms with Gasteiger partial charge in [-0.05, 0) is 30.3 Å². The molecular weight excluding hydrogens is 428 g/mol. The fraction of sp³-hybridized carbons (Fsp3) is 0. The lowest BCUT2D eigenvalue weighted by Gasteiger charge is -2.11. The van der Waals surface area contributed by atoms with Crippen LogP contribution in [0.2, 0.25) is 0 Å². The zero-order chi connectivity index (χ0) is 22.2. The van der Waals surface area contributed by atoms with Gasteiger partial charge in [0, 0.05) is 24.0 Å². The summed E-state index contributed by atoms with van der Waals surface area (Å²) in [5, 5.41) is 9.01. The van der Waals surface area contributed by atoms with Crippen molar-refractivity contribution in [1.29, 1.82) is 5.26 Å². The number of carbonyl (C=O) groups excluding carboxylic acids is 1. The van der Waals surface area contributed by atoms with Gasteiger partial charge in [-0.3, -0.25) is 9.52 Å². The van der Waals surface area contributed by atoms with E-state index in [4.69, 9.17) is 0 Å². The largest absolute Gasteiger partial charge is 0.345 e. The third-order valence-corrected chi connectivity index (χ3v) is 5.69. The van der Waals surface area contributed by atoms with Crippen LogP contribution in [0.25, 0.3) is 11.0 Å². The number of H-pyrrole nitrogens is 1. The van der Waals surface area contributed by atoms with E-state index in [0.29, 0.717) is 0 Å². The lowest BCUT2D eigenvalue weighted by molar-refractivity contribution is 0.103. The number of benzene rings is 1. The molecule has 0 atom stereocenters. The van der Waals surface area contributed by atoms with Crippen LogP contribution in [0, 0.1) is 23.0 Å². The maximum atomic E-state index is 15.1. The molecule has 11 heteroatoms. The lowest BCUT2D eigenvalue weighted by atomic mass is 10.00. The average Bonchev–Trinajstić information content (AvgIpc) is 3.21. The molecule has 4 aromatic rings. The number of nitrogens with one attached hydrogen (secondary N) is 2. The fourth-order valence-corrected chi connectivity index (χ4v) is 4.02. The number of hydrogen-bond donors (Lipinski definition) is 2. The minimum Gasteiger partial charge on any atom is -0.345 e. The smallest absolute Gasteiger partial charge is 0.279 e. The number of ketones is 1. The van der Waals surface area contributed by atoms with Gasteiger partial charge in [-0.25, -0.2) is 18.7 Å². The molecular formula is C20H11F2N5O3S. The van der Waals surface area contributed by atoms with E-state index in [1.165, 1.54) is 42.9 Å². The number of aromatic nitrogens is 3. The van der Waals surface area contributed by atoms with Crippen molar-refractivity contribution in [2.24, 2.45) is 0 Å². The minimum absolute atomic E-state index is 0.0856. The molecule has 31 heavy (non-hydrogen) atoms. The molecule has 0 saturated carbocycles. The molecule has 0 bridgehead atoms. The van der Waals surface area contributed by atoms with Gasteiger partial charge in [0.05, 0.1) is 28.4 Å². The van der Waals surface area contributed by atoms with E-state index in [1.807, 2.05) is 10.8 Å². The Morgan fingerprint density at radius 1 is 1.10 bits per heavy atom. The van der Waals surface area contributed by atoms with Gasteiger partial charge < -0.3 is 4.98 Å². The number of hydrogen-bond acceptors (Lipinski definition) is 6. The number of rotatable bonds is 5. The highest BCUT2D eigenvalue weighted by Crippen LogP contribution is 2.29. The maximum absolute atomic E-state index is 15.1. The first-order valence-electron chi connectivity index (χ1n) is 8.66. The Bertz CT molecular complexity index is 1480. The Hall–Kier alpha value is -4.17. The van der Waals surface area contributed by atoms with Gasteiger partial charge in [0.2, 0.25) is 5.78 Å². The summed E-state index contributed by atoms with van der Waals surface area (Å²) >= 11 is 0. The number of fused-ring (bicyclic) bond motifs is 1. The molecule has 0 aliphatic heterocycles. The fourth-order valence-electron chi connectivity index (χ4n) is 3.01. The average molecular weight is 439 g/mol. The summed E-state index contributed by atoms with van der Waals surface area (Å²) in [6, 6.07) is 9.00. The zero-order valence-electron chi connectivity index (χ0n) is 15.4. The molecule has 154 valence electrons. The number of anilines is 1. The first-order chi connectivity index (χ1) is 14.8. The van der Waals surface area contributed by atoms with Crippen LogP contribution in [0.4, 0.5) is 14.5 Å². The predicted octanol–water partition coefficient (Wildman–Crippen LogP) is 3.14. The molecule has 3 heterocycles. The van der Waals surface area contributed by atoms with Crippen molar-refractivity contribution in [2.45, 2.75) is 5.03 Å². The summed E-state index contributed by atoms with van der Waals surface area (Å²) in [5.41, 5.74) is -1.51. The van der Waals surface area contributed by atoms with Crippen LogP contribution in [-0.4, -0.2) is 29.2 Å². The van der Waals surface area contributed by atoms with Gasteiger partial charge in [-0.1, -0.05) is 6.07 Å². The van der Waals surface area contributed by atoms with Crippen molar-refractivity contribution in [3.63, 3.8) is 0 Å². The van der Waals surface area contributed by atoms with Crippen molar-refractivity contribution in [3.8, 4) is 6.07 Å². The second-order valence-electron chi connectivity index (χ2n) is 6.28. The van der Waals surface area contributed by atoms with Crippen LogP contribution in [-0.2, 0) is 10.0 Å². The first kappa shape index (κ1) is 20.1. The standard InChI is InChI=1S/C20H11F2N5O3S/c21-13-4-5-14(27-31(29,30)15-3-1-2-7-24-15)18(22)17(13)19(28)12-10-26-20-16(12)11(9-23)6-8-25-20/h1-8,10,27H,(H,25,26). The van der Waals surface area contributed by atoms with Crippen LogP contribution < -0.4 is 4.72 Å². The highest BCUT2D eigenvalue weighted by Gasteiger charge is 2.27. The molecule has 4 rings (SSSR count). The normalized spacial score (nSPS) is 11.3. The van der Waals surface area contributed by atoms with E-state index in [9.17, 15) is 22.9 Å².